The predicted molar refractivity (Wildman–Crippen MR) is 84.4 cm³/mol. The van der Waals surface area contributed by atoms with Crippen molar-refractivity contribution in [1.82, 2.24) is 9.97 Å². The summed E-state index contributed by atoms with van der Waals surface area (Å²) in [7, 11) is 0. The van der Waals surface area contributed by atoms with Crippen LogP contribution in [-0.4, -0.2) is 9.97 Å². The maximum atomic E-state index is 4.97. The topological polar surface area (TPSA) is 50.5 Å². The minimum absolute atomic E-state index is 0.160. The second-order valence-corrected chi connectivity index (χ2v) is 7.64. The molecule has 0 amide bonds. The van der Waals surface area contributed by atoms with Crippen LogP contribution in [0.4, 0.5) is 0 Å². The van der Waals surface area contributed by atoms with Crippen LogP contribution >= 0.6 is 0 Å². The van der Waals surface area contributed by atoms with Crippen molar-refractivity contribution in [3.05, 3.63) is 60.2 Å². The standard InChI is InChI=1S/C19H18N4/c1-11-16-17(11)19(15-7-3-5-9-21-15)13-10-12(13)18(16,22-23-19)14-6-2-4-8-20-14/h2-9,11-13,16-17H,10H2,1H3/t11?,12-,13+,16+,17-,18+,19-. The van der Waals surface area contributed by atoms with Gasteiger partial charge >= 0.3 is 0 Å². The van der Waals surface area contributed by atoms with E-state index in [0.717, 1.165) is 11.4 Å². The third-order valence-corrected chi connectivity index (χ3v) is 6.85. The van der Waals surface area contributed by atoms with Gasteiger partial charge in [-0.3, -0.25) is 9.97 Å². The number of rotatable bonds is 2. The number of nitrogens with zero attached hydrogens (tertiary/aromatic N) is 4. The van der Waals surface area contributed by atoms with Gasteiger partial charge in [0.1, 0.15) is 11.1 Å². The van der Waals surface area contributed by atoms with Gasteiger partial charge in [0.25, 0.3) is 0 Å². The molecule has 1 unspecified atom stereocenters. The monoisotopic (exact) mass is 302 g/mol. The Bertz CT molecular complexity index is 752. The Labute approximate surface area is 135 Å². The van der Waals surface area contributed by atoms with Crippen LogP contribution in [0.25, 0.3) is 0 Å². The molecule has 2 aliphatic heterocycles. The van der Waals surface area contributed by atoms with Crippen molar-refractivity contribution in [2.24, 2.45) is 39.8 Å². The molecule has 0 spiro atoms. The highest BCUT2D eigenvalue weighted by Crippen LogP contribution is 2.83. The normalized spacial score (nSPS) is 47.8. The first-order chi connectivity index (χ1) is 11.3. The van der Waals surface area contributed by atoms with Gasteiger partial charge in [0.05, 0.1) is 11.4 Å². The van der Waals surface area contributed by atoms with Crippen molar-refractivity contribution in [2.75, 3.05) is 0 Å². The van der Waals surface area contributed by atoms with E-state index < -0.39 is 0 Å². The zero-order valence-electron chi connectivity index (χ0n) is 13.0. The summed E-state index contributed by atoms with van der Waals surface area (Å²) in [6, 6.07) is 12.4. The van der Waals surface area contributed by atoms with E-state index in [0.29, 0.717) is 29.6 Å². The van der Waals surface area contributed by atoms with Gasteiger partial charge < -0.3 is 0 Å². The highest BCUT2D eigenvalue weighted by atomic mass is 15.3. The lowest BCUT2D eigenvalue weighted by Crippen LogP contribution is -2.47. The molecule has 4 nitrogen and oxygen atoms in total. The van der Waals surface area contributed by atoms with E-state index in [-0.39, 0.29) is 11.1 Å². The SMILES string of the molecule is CC1[C@@H]2[C@H]1[C@]1(c3ccccn3)N=N[C@@]2(c2ccccn2)[C@H]2C[C@H]21. The van der Waals surface area contributed by atoms with Gasteiger partial charge in [-0.15, -0.1) is 0 Å². The van der Waals surface area contributed by atoms with Crippen LogP contribution in [0, 0.1) is 29.6 Å². The van der Waals surface area contributed by atoms with Gasteiger partial charge in [0.2, 0.25) is 0 Å². The Kier molecular flexibility index (Phi) is 1.98. The molecule has 2 aromatic heterocycles. The maximum Gasteiger partial charge on any atom is 0.130 e. The number of azo groups is 1. The van der Waals surface area contributed by atoms with E-state index in [2.05, 4.69) is 41.2 Å². The second kappa shape index (κ2) is 3.69. The van der Waals surface area contributed by atoms with Crippen molar-refractivity contribution in [3.8, 4) is 0 Å². The van der Waals surface area contributed by atoms with E-state index in [4.69, 9.17) is 10.2 Å². The highest BCUT2D eigenvalue weighted by Gasteiger charge is 2.85. The molecule has 3 fully saturated rings. The average Bonchev–Trinajstić information content (AvgIpc) is 3.53. The van der Waals surface area contributed by atoms with E-state index in [1.165, 1.54) is 6.42 Å². The predicted octanol–water partition coefficient (Wildman–Crippen LogP) is 3.57. The van der Waals surface area contributed by atoms with Crippen LogP contribution in [0.15, 0.2) is 59.0 Å². The third-order valence-electron chi connectivity index (χ3n) is 6.85. The number of hydrogen-bond acceptors (Lipinski definition) is 4. The molecule has 7 rings (SSSR count). The fourth-order valence-electron chi connectivity index (χ4n) is 5.94. The highest BCUT2D eigenvalue weighted by molar-refractivity contribution is 5.43. The van der Waals surface area contributed by atoms with Crippen LogP contribution in [-0.2, 0) is 11.1 Å². The molecule has 0 N–H and O–H groups in total. The van der Waals surface area contributed by atoms with Gasteiger partial charge in [0, 0.05) is 24.2 Å². The molecule has 4 heterocycles. The first-order valence-corrected chi connectivity index (χ1v) is 8.57. The first kappa shape index (κ1) is 12.3. The second-order valence-electron chi connectivity index (χ2n) is 7.64. The molecular weight excluding hydrogens is 284 g/mol. The zero-order valence-corrected chi connectivity index (χ0v) is 13.0. The van der Waals surface area contributed by atoms with Gasteiger partial charge in [-0.05, 0) is 48.4 Å². The van der Waals surface area contributed by atoms with Crippen molar-refractivity contribution in [3.63, 3.8) is 0 Å². The summed E-state index contributed by atoms with van der Waals surface area (Å²) >= 11 is 0. The molecule has 5 aliphatic rings. The van der Waals surface area contributed by atoms with Gasteiger partial charge in [0.15, 0.2) is 0 Å². The molecule has 7 atom stereocenters. The summed E-state index contributed by atoms with van der Waals surface area (Å²) in [5, 5.41) is 9.93. The summed E-state index contributed by atoms with van der Waals surface area (Å²) in [6.45, 7) is 2.37. The Morgan fingerprint density at radius 2 is 1.35 bits per heavy atom. The summed E-state index contributed by atoms with van der Waals surface area (Å²) in [4.78, 5) is 9.37. The number of pyridine rings is 2. The molecule has 4 heteroatoms. The van der Waals surface area contributed by atoms with Gasteiger partial charge in [-0.25, -0.2) is 0 Å². The van der Waals surface area contributed by atoms with Crippen molar-refractivity contribution in [2.45, 2.75) is 24.4 Å². The van der Waals surface area contributed by atoms with E-state index in [1.807, 2.05) is 24.5 Å². The fraction of sp³-hybridized carbons (Fsp3) is 0.474. The van der Waals surface area contributed by atoms with Crippen LogP contribution in [0.5, 0.6) is 0 Å². The number of hydrogen-bond donors (Lipinski definition) is 0. The summed E-state index contributed by atoms with van der Waals surface area (Å²) in [5.74, 6) is 2.95. The molecule has 2 aromatic rings. The molecule has 0 aromatic carbocycles. The van der Waals surface area contributed by atoms with Gasteiger partial charge in [-0.2, -0.15) is 10.2 Å². The van der Waals surface area contributed by atoms with Crippen LogP contribution < -0.4 is 0 Å². The minimum atomic E-state index is -0.160. The van der Waals surface area contributed by atoms with E-state index in [9.17, 15) is 0 Å². The Morgan fingerprint density at radius 3 is 1.78 bits per heavy atom. The molecule has 2 bridgehead atoms. The zero-order chi connectivity index (χ0) is 15.2. The molecule has 0 saturated heterocycles. The lowest BCUT2D eigenvalue weighted by Gasteiger charge is -2.44. The lowest BCUT2D eigenvalue weighted by molar-refractivity contribution is 0.104. The van der Waals surface area contributed by atoms with Crippen LogP contribution in [0.2, 0.25) is 0 Å². The van der Waals surface area contributed by atoms with Gasteiger partial charge in [-0.1, -0.05) is 19.1 Å². The van der Waals surface area contributed by atoms with Crippen molar-refractivity contribution >= 4 is 0 Å². The molecule has 0 radical (unpaired) electrons. The molecular formula is C19H18N4. The Hall–Kier alpha value is -2.10. The quantitative estimate of drug-likeness (QED) is 0.851. The summed E-state index contributed by atoms with van der Waals surface area (Å²) < 4.78 is 0. The Balaban J connectivity index is 1.59. The van der Waals surface area contributed by atoms with Crippen molar-refractivity contribution in [1.29, 1.82) is 0 Å². The smallest absolute Gasteiger partial charge is 0.130 e. The van der Waals surface area contributed by atoms with E-state index in [1.54, 1.807) is 0 Å². The minimum Gasteiger partial charge on any atom is -0.259 e. The summed E-state index contributed by atoms with van der Waals surface area (Å²) in [6.07, 6.45) is 5.00. The maximum absolute atomic E-state index is 4.97. The van der Waals surface area contributed by atoms with E-state index >= 15 is 0 Å². The largest absolute Gasteiger partial charge is 0.259 e. The number of aromatic nitrogens is 2. The Morgan fingerprint density at radius 1 is 0.826 bits per heavy atom. The molecule has 3 aliphatic carbocycles. The average molecular weight is 302 g/mol. The fourth-order valence-corrected chi connectivity index (χ4v) is 5.94. The molecule has 114 valence electrons. The van der Waals surface area contributed by atoms with Crippen LogP contribution in [0.1, 0.15) is 24.7 Å². The lowest BCUT2D eigenvalue weighted by atomic mass is 9.68. The third kappa shape index (κ3) is 1.20. The molecule has 23 heavy (non-hydrogen) atoms. The summed E-state index contributed by atoms with van der Waals surface area (Å²) in [5.41, 5.74) is 1.94. The first-order valence-electron chi connectivity index (χ1n) is 8.57. The van der Waals surface area contributed by atoms with Crippen LogP contribution in [0.3, 0.4) is 0 Å². The van der Waals surface area contributed by atoms with Crippen molar-refractivity contribution < 1.29 is 0 Å². The molecule has 3 saturated carbocycles.